The zero-order valence-corrected chi connectivity index (χ0v) is 11.0. The van der Waals surface area contributed by atoms with E-state index in [2.05, 4.69) is 0 Å². The van der Waals surface area contributed by atoms with E-state index >= 15 is 0 Å². The van der Waals surface area contributed by atoms with Gasteiger partial charge >= 0.3 is 12.0 Å². The molecule has 2 amide bonds. The Labute approximate surface area is 109 Å². The number of carboxylic acids is 1. The molecule has 1 atom stereocenters. The van der Waals surface area contributed by atoms with Gasteiger partial charge in [-0.05, 0) is 19.3 Å². The van der Waals surface area contributed by atoms with E-state index in [1.807, 2.05) is 0 Å². The summed E-state index contributed by atoms with van der Waals surface area (Å²) in [4.78, 5) is 26.5. The van der Waals surface area contributed by atoms with Gasteiger partial charge < -0.3 is 19.5 Å². The Hall–Kier alpha value is -0.950. The number of rotatable bonds is 1. The van der Waals surface area contributed by atoms with Crippen molar-refractivity contribution in [1.82, 2.24) is 9.80 Å². The first-order chi connectivity index (χ1) is 8.59. The van der Waals surface area contributed by atoms with E-state index in [1.54, 1.807) is 4.90 Å². The molecule has 7 heteroatoms. The highest BCUT2D eigenvalue weighted by Gasteiger charge is 2.35. The molecule has 18 heavy (non-hydrogen) atoms. The van der Waals surface area contributed by atoms with Gasteiger partial charge in [0.2, 0.25) is 0 Å². The highest BCUT2D eigenvalue weighted by molar-refractivity contribution is 7.91. The molecule has 6 nitrogen and oxygen atoms in total. The van der Waals surface area contributed by atoms with Crippen molar-refractivity contribution in [3.63, 3.8) is 0 Å². The highest BCUT2D eigenvalue weighted by Crippen LogP contribution is 2.19. The Bertz CT molecular complexity index is 331. The smallest absolute Gasteiger partial charge is 0.326 e. The lowest BCUT2D eigenvalue weighted by Crippen LogP contribution is -2.55. The number of amides is 2. The summed E-state index contributed by atoms with van der Waals surface area (Å²) in [5.41, 5.74) is 0. The number of hydrogen-bond acceptors (Lipinski definition) is 3. The van der Waals surface area contributed by atoms with Crippen molar-refractivity contribution in [2.45, 2.75) is 25.3 Å². The lowest BCUT2D eigenvalue weighted by Gasteiger charge is -2.38. The first-order valence-corrected chi connectivity index (χ1v) is 7.71. The summed E-state index contributed by atoms with van der Waals surface area (Å²) in [7, 11) is 0. The number of hydrogen-bond donors (Lipinski definition) is 1. The van der Waals surface area contributed by atoms with Gasteiger partial charge in [0.05, 0.1) is 13.1 Å². The molecule has 2 aliphatic rings. The number of nitrogens with zero attached hydrogens (tertiary/aromatic N) is 2. The Kier molecular flexibility index (Phi) is 4.34. The third-order valence-electron chi connectivity index (χ3n) is 3.48. The van der Waals surface area contributed by atoms with Gasteiger partial charge in [-0.25, -0.2) is 9.59 Å². The molecule has 0 aromatic heterocycles. The summed E-state index contributed by atoms with van der Waals surface area (Å²) in [6, 6.07) is -0.905. The van der Waals surface area contributed by atoms with Crippen molar-refractivity contribution in [2.75, 3.05) is 31.1 Å². The van der Waals surface area contributed by atoms with E-state index in [4.69, 9.17) is 5.11 Å². The maximum atomic E-state index is 12.3. The first-order valence-electron chi connectivity index (χ1n) is 6.23. The monoisotopic (exact) mass is 274 g/mol. The van der Waals surface area contributed by atoms with Crippen LogP contribution in [0.15, 0.2) is 0 Å². The van der Waals surface area contributed by atoms with Crippen molar-refractivity contribution < 1.29 is 19.2 Å². The number of piperidine rings is 1. The van der Waals surface area contributed by atoms with Crippen molar-refractivity contribution in [3.05, 3.63) is 0 Å². The fraction of sp³-hybridized carbons (Fsp3) is 0.818. The Balaban J connectivity index is 2.00. The van der Waals surface area contributed by atoms with Crippen LogP contribution in [0, 0.1) is 0 Å². The Morgan fingerprint density at radius 2 is 1.83 bits per heavy atom. The number of aliphatic carboxylic acids is 1. The average molecular weight is 274 g/mol. The minimum absolute atomic E-state index is 0.209. The normalized spacial score (nSPS) is 26.2. The fourth-order valence-corrected chi connectivity index (χ4v) is 3.48. The van der Waals surface area contributed by atoms with Crippen molar-refractivity contribution in [1.29, 1.82) is 0 Å². The van der Waals surface area contributed by atoms with Crippen LogP contribution in [0.5, 0.6) is 0 Å². The number of carbonyl (C=O) groups excluding carboxylic acids is 1. The second-order valence-corrected chi connectivity index (χ2v) is 6.36. The van der Waals surface area contributed by atoms with E-state index in [0.29, 0.717) is 37.6 Å². The van der Waals surface area contributed by atoms with Gasteiger partial charge in [-0.1, -0.05) is 11.2 Å². The molecule has 0 saturated carbocycles. The van der Waals surface area contributed by atoms with Gasteiger partial charge in [0.15, 0.2) is 0 Å². The van der Waals surface area contributed by atoms with E-state index in [0.717, 1.165) is 12.8 Å². The summed E-state index contributed by atoms with van der Waals surface area (Å²) < 4.78 is 11.2. The van der Waals surface area contributed by atoms with Crippen LogP contribution in [0.2, 0.25) is 0 Å². The third kappa shape index (κ3) is 2.89. The summed E-state index contributed by atoms with van der Waals surface area (Å²) in [5, 5.41) is 9.14. The van der Waals surface area contributed by atoms with Gasteiger partial charge in [-0.3, -0.25) is 0 Å². The van der Waals surface area contributed by atoms with Gasteiger partial charge in [-0.2, -0.15) is 0 Å². The maximum Gasteiger partial charge on any atom is 0.326 e. The fourth-order valence-electron chi connectivity index (χ4n) is 2.43. The van der Waals surface area contributed by atoms with E-state index in [9.17, 15) is 14.1 Å². The molecule has 0 aromatic carbocycles. The standard InChI is InChI=1S/C11H18N2O4S/c14-10(15)9-3-1-2-4-13(9)11(16)12-5-7-18(17)8-6-12/h9H,1-8H2,(H,14,15). The summed E-state index contributed by atoms with van der Waals surface area (Å²) in [6.45, 7) is 1.44. The molecule has 0 aliphatic carbocycles. The maximum absolute atomic E-state index is 12.3. The lowest BCUT2D eigenvalue weighted by molar-refractivity contribution is -0.143. The van der Waals surface area contributed by atoms with Gasteiger partial charge in [0.25, 0.3) is 0 Å². The molecule has 2 fully saturated rings. The van der Waals surface area contributed by atoms with Crippen molar-refractivity contribution in [3.8, 4) is 0 Å². The molecule has 0 aromatic rings. The second kappa shape index (κ2) is 5.79. The third-order valence-corrected chi connectivity index (χ3v) is 4.76. The van der Waals surface area contributed by atoms with E-state index in [1.165, 1.54) is 4.90 Å². The predicted molar refractivity (Wildman–Crippen MR) is 66.8 cm³/mol. The molecule has 1 N–H and O–H groups in total. The highest BCUT2D eigenvalue weighted by atomic mass is 32.2. The molecular weight excluding hydrogens is 256 g/mol. The Morgan fingerprint density at radius 3 is 2.44 bits per heavy atom. The van der Waals surface area contributed by atoms with E-state index < -0.39 is 23.2 Å². The van der Waals surface area contributed by atoms with Crippen LogP contribution in [-0.4, -0.2) is 68.6 Å². The molecule has 2 saturated heterocycles. The van der Waals surface area contributed by atoms with Crippen molar-refractivity contribution >= 4 is 23.2 Å². The number of carboxylic acid groups (broad SMARTS) is 1. The second-order valence-electron chi connectivity index (χ2n) is 4.66. The SMILES string of the molecule is O=C(O)C1CCCCN1C(=O)N1CC[S+]([O-])CC1. The van der Waals surface area contributed by atoms with Crippen LogP contribution < -0.4 is 0 Å². The van der Waals surface area contributed by atoms with Crippen LogP contribution in [-0.2, 0) is 16.0 Å². The summed E-state index contributed by atoms with van der Waals surface area (Å²) in [5.74, 6) is 0.0675. The molecule has 0 bridgehead atoms. The number of likely N-dealkylation sites (tertiary alicyclic amines) is 1. The van der Waals surface area contributed by atoms with Gasteiger partial charge in [-0.15, -0.1) is 0 Å². The zero-order valence-electron chi connectivity index (χ0n) is 10.2. The molecule has 2 rings (SSSR count). The van der Waals surface area contributed by atoms with Crippen LogP contribution in [0.1, 0.15) is 19.3 Å². The van der Waals surface area contributed by atoms with Crippen LogP contribution in [0.25, 0.3) is 0 Å². The number of carbonyl (C=O) groups is 2. The largest absolute Gasteiger partial charge is 0.616 e. The first kappa shape index (κ1) is 13.5. The summed E-state index contributed by atoms with van der Waals surface area (Å²) >= 11 is -0.829. The summed E-state index contributed by atoms with van der Waals surface area (Å²) in [6.07, 6.45) is 2.24. The molecule has 0 spiro atoms. The Morgan fingerprint density at radius 1 is 1.17 bits per heavy atom. The molecule has 102 valence electrons. The van der Waals surface area contributed by atoms with Crippen molar-refractivity contribution in [2.24, 2.45) is 0 Å². The van der Waals surface area contributed by atoms with Gasteiger partial charge in [0.1, 0.15) is 17.5 Å². The molecule has 1 unspecified atom stereocenters. The number of urea groups is 1. The quantitative estimate of drug-likeness (QED) is 0.688. The molecule has 2 heterocycles. The molecule has 0 radical (unpaired) electrons. The molecular formula is C11H18N2O4S. The predicted octanol–water partition coefficient (Wildman–Crippen LogP) is 0.110. The minimum atomic E-state index is -0.927. The van der Waals surface area contributed by atoms with Crippen LogP contribution in [0.3, 0.4) is 0 Å². The average Bonchev–Trinajstić information content (AvgIpc) is 2.39. The zero-order chi connectivity index (χ0) is 13.1. The van der Waals surface area contributed by atoms with Crippen LogP contribution >= 0.6 is 0 Å². The minimum Gasteiger partial charge on any atom is -0.616 e. The lowest BCUT2D eigenvalue weighted by atomic mass is 10.0. The van der Waals surface area contributed by atoms with Gasteiger partial charge in [0, 0.05) is 6.54 Å². The van der Waals surface area contributed by atoms with Crippen LogP contribution in [0.4, 0.5) is 4.79 Å². The topological polar surface area (TPSA) is 83.9 Å². The van der Waals surface area contributed by atoms with E-state index in [-0.39, 0.29) is 6.03 Å². The molecule has 2 aliphatic heterocycles.